The van der Waals surface area contributed by atoms with Crippen molar-refractivity contribution < 1.29 is 19.4 Å². The molecule has 0 fully saturated rings. The number of aliphatic carboxylic acids is 1. The first-order chi connectivity index (χ1) is 9.69. The van der Waals surface area contributed by atoms with Crippen molar-refractivity contribution >= 4 is 5.97 Å². The summed E-state index contributed by atoms with van der Waals surface area (Å²) in [7, 11) is 0. The standard InChI is InChI=1S/C15H21NO4/c1-2-8-16(9-7-15(17)18)10-12-11-19-13-5-3-4-6-14(13)20-12/h3-6,12H,2,7-11H2,1H3,(H,17,18). The van der Waals surface area contributed by atoms with Crippen LogP contribution in [0, 0.1) is 0 Å². The Hall–Kier alpha value is -1.75. The van der Waals surface area contributed by atoms with E-state index in [2.05, 4.69) is 11.8 Å². The highest BCUT2D eigenvalue weighted by Gasteiger charge is 2.22. The Kier molecular flexibility index (Phi) is 5.24. The molecule has 5 heteroatoms. The van der Waals surface area contributed by atoms with Crippen LogP contribution in [-0.4, -0.2) is 48.3 Å². The molecule has 20 heavy (non-hydrogen) atoms. The van der Waals surface area contributed by atoms with E-state index < -0.39 is 5.97 Å². The third kappa shape index (κ3) is 4.13. The van der Waals surface area contributed by atoms with Gasteiger partial charge in [0.15, 0.2) is 11.5 Å². The van der Waals surface area contributed by atoms with Crippen LogP contribution in [0.15, 0.2) is 24.3 Å². The van der Waals surface area contributed by atoms with Crippen molar-refractivity contribution in [1.82, 2.24) is 4.90 Å². The number of rotatable bonds is 7. The van der Waals surface area contributed by atoms with Crippen molar-refractivity contribution in [1.29, 1.82) is 0 Å². The van der Waals surface area contributed by atoms with Crippen molar-refractivity contribution in [2.45, 2.75) is 25.9 Å². The van der Waals surface area contributed by atoms with Crippen molar-refractivity contribution in [2.75, 3.05) is 26.2 Å². The number of carbonyl (C=O) groups is 1. The molecule has 110 valence electrons. The Morgan fingerprint density at radius 1 is 1.35 bits per heavy atom. The zero-order chi connectivity index (χ0) is 14.4. The molecule has 1 aliphatic rings. The largest absolute Gasteiger partial charge is 0.486 e. The van der Waals surface area contributed by atoms with Crippen LogP contribution in [0.5, 0.6) is 11.5 Å². The number of carboxylic acid groups (broad SMARTS) is 1. The maximum atomic E-state index is 10.7. The minimum Gasteiger partial charge on any atom is -0.486 e. The summed E-state index contributed by atoms with van der Waals surface area (Å²) in [6.07, 6.45) is 1.10. The topological polar surface area (TPSA) is 59.0 Å². The van der Waals surface area contributed by atoms with Crippen LogP contribution in [0.1, 0.15) is 19.8 Å². The molecule has 1 aliphatic heterocycles. The molecule has 1 aromatic carbocycles. The van der Waals surface area contributed by atoms with Gasteiger partial charge in [-0.3, -0.25) is 9.69 Å². The molecule has 1 aromatic rings. The van der Waals surface area contributed by atoms with Gasteiger partial charge in [-0.05, 0) is 25.1 Å². The first-order valence-corrected chi connectivity index (χ1v) is 7.01. The summed E-state index contributed by atoms with van der Waals surface area (Å²) < 4.78 is 11.6. The lowest BCUT2D eigenvalue weighted by molar-refractivity contribution is -0.137. The van der Waals surface area contributed by atoms with Gasteiger partial charge in [-0.15, -0.1) is 0 Å². The van der Waals surface area contributed by atoms with Gasteiger partial charge in [-0.25, -0.2) is 0 Å². The minimum atomic E-state index is -0.766. The molecule has 0 bridgehead atoms. The third-order valence-corrected chi connectivity index (χ3v) is 3.21. The Morgan fingerprint density at radius 2 is 2.10 bits per heavy atom. The van der Waals surface area contributed by atoms with Gasteiger partial charge in [0.25, 0.3) is 0 Å². The van der Waals surface area contributed by atoms with Crippen LogP contribution in [0.25, 0.3) is 0 Å². The van der Waals surface area contributed by atoms with Crippen molar-refractivity contribution in [2.24, 2.45) is 0 Å². The average molecular weight is 279 g/mol. The molecule has 5 nitrogen and oxygen atoms in total. The van der Waals surface area contributed by atoms with E-state index in [1.165, 1.54) is 0 Å². The summed E-state index contributed by atoms with van der Waals surface area (Å²) in [5, 5.41) is 8.78. The van der Waals surface area contributed by atoms with E-state index in [9.17, 15) is 4.79 Å². The van der Waals surface area contributed by atoms with Crippen LogP contribution >= 0.6 is 0 Å². The number of nitrogens with zero attached hydrogens (tertiary/aromatic N) is 1. The van der Waals surface area contributed by atoms with Crippen LogP contribution in [0.3, 0.4) is 0 Å². The highest BCUT2D eigenvalue weighted by Crippen LogP contribution is 2.30. The summed E-state index contributed by atoms with van der Waals surface area (Å²) in [5.74, 6) is 0.770. The summed E-state index contributed by atoms with van der Waals surface area (Å²) in [5.41, 5.74) is 0. The van der Waals surface area contributed by atoms with Gasteiger partial charge in [-0.2, -0.15) is 0 Å². The van der Waals surface area contributed by atoms with Crippen molar-refractivity contribution in [3.63, 3.8) is 0 Å². The maximum Gasteiger partial charge on any atom is 0.304 e. The highest BCUT2D eigenvalue weighted by molar-refractivity contribution is 5.66. The number of ether oxygens (including phenoxy) is 2. The number of para-hydroxylation sites is 2. The number of carboxylic acids is 1. The zero-order valence-corrected chi connectivity index (χ0v) is 11.7. The second-order valence-electron chi connectivity index (χ2n) is 4.94. The molecule has 0 amide bonds. The predicted octanol–water partition coefficient (Wildman–Crippen LogP) is 2.01. The summed E-state index contributed by atoms with van der Waals surface area (Å²) in [6, 6.07) is 7.61. The second-order valence-corrected chi connectivity index (χ2v) is 4.94. The monoisotopic (exact) mass is 279 g/mol. The summed E-state index contributed by atoms with van der Waals surface area (Å²) in [4.78, 5) is 12.8. The summed E-state index contributed by atoms with van der Waals surface area (Å²) >= 11 is 0. The highest BCUT2D eigenvalue weighted by atomic mass is 16.6. The average Bonchev–Trinajstić information content (AvgIpc) is 2.45. The fourth-order valence-corrected chi connectivity index (χ4v) is 2.31. The molecule has 0 aliphatic carbocycles. The van der Waals surface area contributed by atoms with Crippen LogP contribution in [0.4, 0.5) is 0 Å². The van der Waals surface area contributed by atoms with Gasteiger partial charge in [0.2, 0.25) is 0 Å². The zero-order valence-electron chi connectivity index (χ0n) is 11.7. The van der Waals surface area contributed by atoms with E-state index in [1.807, 2.05) is 24.3 Å². The first kappa shape index (κ1) is 14.7. The molecule has 2 rings (SSSR count). The Labute approximate surface area is 119 Å². The molecule has 0 saturated heterocycles. The number of benzene rings is 1. The van der Waals surface area contributed by atoms with E-state index in [1.54, 1.807) is 0 Å². The minimum absolute atomic E-state index is 0.0507. The molecule has 0 saturated carbocycles. The molecular weight excluding hydrogens is 258 g/mol. The number of fused-ring (bicyclic) bond motifs is 1. The fourth-order valence-electron chi connectivity index (χ4n) is 2.31. The van der Waals surface area contributed by atoms with E-state index in [0.29, 0.717) is 19.7 Å². The second kappa shape index (κ2) is 7.14. The van der Waals surface area contributed by atoms with Crippen molar-refractivity contribution in [3.05, 3.63) is 24.3 Å². The lowest BCUT2D eigenvalue weighted by Gasteiger charge is -2.31. The molecule has 1 heterocycles. The lowest BCUT2D eigenvalue weighted by Crippen LogP contribution is -2.42. The molecule has 1 atom stereocenters. The number of hydrogen-bond donors (Lipinski definition) is 1. The predicted molar refractivity (Wildman–Crippen MR) is 75.3 cm³/mol. The Morgan fingerprint density at radius 3 is 2.80 bits per heavy atom. The molecule has 1 unspecified atom stereocenters. The van der Waals surface area contributed by atoms with E-state index in [4.69, 9.17) is 14.6 Å². The smallest absolute Gasteiger partial charge is 0.304 e. The molecular formula is C15H21NO4. The Bertz CT molecular complexity index is 449. The van der Waals surface area contributed by atoms with E-state index >= 15 is 0 Å². The third-order valence-electron chi connectivity index (χ3n) is 3.21. The van der Waals surface area contributed by atoms with E-state index in [0.717, 1.165) is 24.5 Å². The van der Waals surface area contributed by atoms with Gasteiger partial charge in [-0.1, -0.05) is 19.1 Å². The number of hydrogen-bond acceptors (Lipinski definition) is 4. The van der Waals surface area contributed by atoms with E-state index in [-0.39, 0.29) is 12.5 Å². The molecule has 0 spiro atoms. The summed E-state index contributed by atoms with van der Waals surface area (Å²) in [6.45, 7) is 4.69. The Balaban J connectivity index is 1.89. The van der Waals surface area contributed by atoms with Crippen LogP contribution in [0.2, 0.25) is 0 Å². The van der Waals surface area contributed by atoms with Crippen LogP contribution < -0.4 is 9.47 Å². The fraction of sp³-hybridized carbons (Fsp3) is 0.533. The quantitative estimate of drug-likeness (QED) is 0.827. The molecule has 1 N–H and O–H groups in total. The SMILES string of the molecule is CCCN(CCC(=O)O)CC1COc2ccccc2O1. The van der Waals surface area contributed by atoms with Gasteiger partial charge in [0.1, 0.15) is 12.7 Å². The van der Waals surface area contributed by atoms with Crippen molar-refractivity contribution in [3.8, 4) is 11.5 Å². The van der Waals surface area contributed by atoms with Gasteiger partial charge in [0.05, 0.1) is 6.42 Å². The van der Waals surface area contributed by atoms with Crippen LogP contribution in [-0.2, 0) is 4.79 Å². The maximum absolute atomic E-state index is 10.7. The normalized spacial score (nSPS) is 17.2. The molecule has 0 radical (unpaired) electrons. The first-order valence-electron chi connectivity index (χ1n) is 7.01. The van der Waals surface area contributed by atoms with Gasteiger partial charge >= 0.3 is 5.97 Å². The lowest BCUT2D eigenvalue weighted by atomic mass is 10.2. The molecule has 0 aromatic heterocycles. The van der Waals surface area contributed by atoms with Gasteiger partial charge < -0.3 is 14.6 Å². The van der Waals surface area contributed by atoms with Gasteiger partial charge in [0, 0.05) is 13.1 Å².